The van der Waals surface area contributed by atoms with Gasteiger partial charge in [0.25, 0.3) is 0 Å². The fourth-order valence-electron chi connectivity index (χ4n) is 3.34. The van der Waals surface area contributed by atoms with Crippen LogP contribution in [0.3, 0.4) is 0 Å². The van der Waals surface area contributed by atoms with Crippen LogP contribution in [0.4, 0.5) is 29.1 Å². The zero-order valence-corrected chi connectivity index (χ0v) is 17.6. The predicted molar refractivity (Wildman–Crippen MR) is 121 cm³/mol. The first-order valence-corrected chi connectivity index (χ1v) is 10.0. The summed E-state index contributed by atoms with van der Waals surface area (Å²) in [6.07, 6.45) is 1.48. The molecule has 0 saturated carbocycles. The molecule has 1 saturated heterocycles. The van der Waals surface area contributed by atoms with Gasteiger partial charge in [-0.2, -0.15) is 9.97 Å². The number of hydrogen-bond acceptors (Lipinski definition) is 8. The lowest BCUT2D eigenvalue weighted by atomic mass is 10.2. The van der Waals surface area contributed by atoms with E-state index in [9.17, 15) is 5.11 Å². The summed E-state index contributed by atoms with van der Waals surface area (Å²) in [4.78, 5) is 20.2. The Morgan fingerprint density at radius 2 is 1.63 bits per heavy atom. The van der Waals surface area contributed by atoms with Crippen molar-refractivity contribution in [1.82, 2.24) is 15.0 Å². The van der Waals surface area contributed by atoms with Crippen LogP contribution in [0, 0.1) is 6.92 Å². The second-order valence-corrected chi connectivity index (χ2v) is 7.65. The molecule has 0 atom stereocenters. The van der Waals surface area contributed by atoms with Crippen molar-refractivity contribution in [3.05, 3.63) is 54.2 Å². The molecule has 4 rings (SSSR count). The highest BCUT2D eigenvalue weighted by Crippen LogP contribution is 2.24. The topological polar surface area (TPSA) is 80.7 Å². The number of nitrogens with one attached hydrogen (secondary N) is 1. The summed E-state index contributed by atoms with van der Waals surface area (Å²) in [5.41, 5.74) is 2.22. The molecule has 2 aromatic heterocycles. The Balaban J connectivity index is 1.51. The molecule has 1 aliphatic rings. The molecule has 1 fully saturated rings. The second-order valence-electron chi connectivity index (χ2n) is 7.65. The van der Waals surface area contributed by atoms with Crippen molar-refractivity contribution in [2.75, 3.05) is 60.3 Å². The number of aryl methyl sites for hydroxylation is 1. The second kappa shape index (κ2) is 8.44. The Hall–Kier alpha value is -3.55. The van der Waals surface area contributed by atoms with Crippen molar-refractivity contribution in [3.8, 4) is 5.75 Å². The Morgan fingerprint density at radius 3 is 2.27 bits per heavy atom. The predicted octanol–water partition coefficient (Wildman–Crippen LogP) is 3.02. The average molecular weight is 406 g/mol. The molecular weight excluding hydrogens is 378 g/mol. The fraction of sp³-hybridized carbons (Fsp3) is 0.318. The van der Waals surface area contributed by atoms with Gasteiger partial charge in [-0.05, 0) is 31.2 Å². The maximum Gasteiger partial charge on any atom is 0.229 e. The lowest BCUT2D eigenvalue weighted by Gasteiger charge is -2.35. The largest absolute Gasteiger partial charge is 0.506 e. The van der Waals surface area contributed by atoms with Gasteiger partial charge < -0.3 is 25.1 Å². The van der Waals surface area contributed by atoms with Gasteiger partial charge >= 0.3 is 0 Å². The fourth-order valence-corrected chi connectivity index (χ4v) is 3.34. The van der Waals surface area contributed by atoms with E-state index in [2.05, 4.69) is 51.3 Å². The van der Waals surface area contributed by atoms with Crippen LogP contribution in [0.2, 0.25) is 0 Å². The zero-order valence-electron chi connectivity index (χ0n) is 17.6. The molecule has 30 heavy (non-hydrogen) atoms. The van der Waals surface area contributed by atoms with Gasteiger partial charge in [0.1, 0.15) is 23.2 Å². The molecule has 8 heteroatoms. The van der Waals surface area contributed by atoms with Gasteiger partial charge in [0, 0.05) is 52.0 Å². The number of rotatable bonds is 5. The molecule has 156 valence electrons. The zero-order chi connectivity index (χ0) is 21.1. The lowest BCUT2D eigenvalue weighted by Crippen LogP contribution is -2.47. The van der Waals surface area contributed by atoms with Crippen molar-refractivity contribution in [3.63, 3.8) is 0 Å². The number of benzene rings is 1. The normalized spacial score (nSPS) is 14.0. The molecule has 3 heterocycles. The third-order valence-electron chi connectivity index (χ3n) is 5.10. The summed E-state index contributed by atoms with van der Waals surface area (Å²) in [5, 5.41) is 12.8. The van der Waals surface area contributed by atoms with Crippen molar-refractivity contribution in [1.29, 1.82) is 0 Å². The van der Waals surface area contributed by atoms with Crippen LogP contribution in [0.5, 0.6) is 5.75 Å². The first-order chi connectivity index (χ1) is 14.5. The van der Waals surface area contributed by atoms with Crippen LogP contribution in [0.15, 0.2) is 48.7 Å². The number of anilines is 5. The SMILES string of the molecule is Cc1ccc(Nc2cc(N(C)C)nc(N3CCN(c4ccc(O)cn4)CC3)n2)cc1. The maximum absolute atomic E-state index is 9.45. The van der Waals surface area contributed by atoms with E-state index in [0.29, 0.717) is 5.95 Å². The Bertz CT molecular complexity index is 981. The van der Waals surface area contributed by atoms with E-state index < -0.39 is 0 Å². The molecule has 2 N–H and O–H groups in total. The Labute approximate surface area is 176 Å². The maximum atomic E-state index is 9.45. The minimum absolute atomic E-state index is 0.180. The van der Waals surface area contributed by atoms with Crippen LogP contribution in [-0.2, 0) is 0 Å². The monoisotopic (exact) mass is 405 g/mol. The summed E-state index contributed by atoms with van der Waals surface area (Å²) in [7, 11) is 3.96. The van der Waals surface area contributed by atoms with Gasteiger partial charge in [-0.1, -0.05) is 17.7 Å². The highest BCUT2D eigenvalue weighted by molar-refractivity contribution is 5.62. The molecule has 8 nitrogen and oxygen atoms in total. The van der Waals surface area contributed by atoms with Gasteiger partial charge in [0.15, 0.2) is 0 Å². The average Bonchev–Trinajstić information content (AvgIpc) is 2.76. The third-order valence-corrected chi connectivity index (χ3v) is 5.10. The van der Waals surface area contributed by atoms with Gasteiger partial charge in [-0.3, -0.25) is 0 Å². The summed E-state index contributed by atoms with van der Waals surface area (Å²) in [5.74, 6) is 3.40. The number of nitrogens with zero attached hydrogens (tertiary/aromatic N) is 6. The number of piperazine rings is 1. The molecular formula is C22H27N7O. The molecule has 0 spiro atoms. The first kappa shape index (κ1) is 19.8. The molecule has 0 radical (unpaired) electrons. The van der Waals surface area contributed by atoms with E-state index in [1.807, 2.05) is 31.1 Å². The lowest BCUT2D eigenvalue weighted by molar-refractivity contribution is 0.472. The van der Waals surface area contributed by atoms with E-state index >= 15 is 0 Å². The molecule has 0 bridgehead atoms. The summed E-state index contributed by atoms with van der Waals surface area (Å²) in [6, 6.07) is 13.7. The number of aromatic hydroxyl groups is 1. The van der Waals surface area contributed by atoms with Crippen molar-refractivity contribution in [2.24, 2.45) is 0 Å². The minimum Gasteiger partial charge on any atom is -0.506 e. The van der Waals surface area contributed by atoms with Crippen LogP contribution in [0.1, 0.15) is 5.56 Å². The smallest absolute Gasteiger partial charge is 0.229 e. The molecule has 1 aromatic carbocycles. The van der Waals surface area contributed by atoms with Crippen molar-refractivity contribution in [2.45, 2.75) is 6.92 Å². The van der Waals surface area contributed by atoms with E-state index in [0.717, 1.165) is 49.3 Å². The number of hydrogen-bond donors (Lipinski definition) is 2. The van der Waals surface area contributed by atoms with Gasteiger partial charge in [-0.25, -0.2) is 4.98 Å². The molecule has 0 aliphatic carbocycles. The first-order valence-electron chi connectivity index (χ1n) is 10.0. The Morgan fingerprint density at radius 1 is 0.933 bits per heavy atom. The Kier molecular flexibility index (Phi) is 5.56. The van der Waals surface area contributed by atoms with E-state index in [4.69, 9.17) is 9.97 Å². The highest BCUT2D eigenvalue weighted by Gasteiger charge is 2.21. The molecule has 0 unspecified atom stereocenters. The standard InChI is InChI=1S/C22H27N7O/c1-16-4-6-17(7-5-16)24-19-14-21(27(2)3)26-22(25-19)29-12-10-28(11-13-29)20-9-8-18(30)15-23-20/h4-9,14-15,30H,10-13H2,1-3H3,(H,24,25,26). The molecule has 0 amide bonds. The van der Waals surface area contributed by atoms with Crippen LogP contribution in [-0.4, -0.2) is 60.3 Å². The van der Waals surface area contributed by atoms with Crippen LogP contribution in [0.25, 0.3) is 0 Å². The molecule has 1 aliphatic heterocycles. The van der Waals surface area contributed by atoms with Gasteiger partial charge in [0.2, 0.25) is 5.95 Å². The van der Waals surface area contributed by atoms with Crippen molar-refractivity contribution < 1.29 is 5.11 Å². The quantitative estimate of drug-likeness (QED) is 0.671. The van der Waals surface area contributed by atoms with Gasteiger partial charge in [-0.15, -0.1) is 0 Å². The van der Waals surface area contributed by atoms with E-state index in [-0.39, 0.29) is 5.75 Å². The minimum atomic E-state index is 0.180. The summed E-state index contributed by atoms with van der Waals surface area (Å²) >= 11 is 0. The highest BCUT2D eigenvalue weighted by atomic mass is 16.3. The summed E-state index contributed by atoms with van der Waals surface area (Å²) < 4.78 is 0. The van der Waals surface area contributed by atoms with E-state index in [1.54, 1.807) is 6.07 Å². The van der Waals surface area contributed by atoms with Crippen LogP contribution < -0.4 is 20.0 Å². The van der Waals surface area contributed by atoms with Crippen LogP contribution >= 0.6 is 0 Å². The number of aromatic nitrogens is 3. The summed E-state index contributed by atoms with van der Waals surface area (Å²) in [6.45, 7) is 5.29. The van der Waals surface area contributed by atoms with Gasteiger partial charge in [0.05, 0.1) is 6.20 Å². The van der Waals surface area contributed by atoms with Crippen molar-refractivity contribution >= 4 is 29.1 Å². The van der Waals surface area contributed by atoms with E-state index in [1.165, 1.54) is 11.8 Å². The third kappa shape index (κ3) is 4.53. The number of pyridine rings is 1. The molecule has 3 aromatic rings.